The first kappa shape index (κ1) is 11.3. The Morgan fingerprint density at radius 1 is 1.22 bits per heavy atom. The number of aryl methyl sites for hydroxylation is 1. The minimum atomic E-state index is 0.278. The van der Waals surface area contributed by atoms with Crippen LogP contribution in [0.25, 0.3) is 11.0 Å². The lowest BCUT2D eigenvalue weighted by atomic mass is 10.3. The molecule has 0 fully saturated rings. The molecule has 1 N–H and O–H groups in total. The zero-order chi connectivity index (χ0) is 12.5. The number of hydrogen-bond acceptors (Lipinski definition) is 3. The van der Waals surface area contributed by atoms with E-state index in [-0.39, 0.29) is 6.04 Å². The summed E-state index contributed by atoms with van der Waals surface area (Å²) in [4.78, 5) is 5.94. The predicted octanol–water partition coefficient (Wildman–Crippen LogP) is 3.81. The second-order valence-electron chi connectivity index (χ2n) is 4.36. The number of nitrogens with zero attached hydrogens (tertiary/aromatic N) is 2. The summed E-state index contributed by atoms with van der Waals surface area (Å²) in [5.41, 5.74) is 2.18. The van der Waals surface area contributed by atoms with Crippen LogP contribution in [0, 0.1) is 0 Å². The van der Waals surface area contributed by atoms with Crippen LogP contribution < -0.4 is 5.32 Å². The van der Waals surface area contributed by atoms with E-state index >= 15 is 0 Å². The Morgan fingerprint density at radius 3 is 2.78 bits per heavy atom. The first-order valence-corrected chi connectivity index (χ1v) is 6.85. The van der Waals surface area contributed by atoms with Gasteiger partial charge >= 0.3 is 0 Å². The second-order valence-corrected chi connectivity index (χ2v) is 5.34. The van der Waals surface area contributed by atoms with Gasteiger partial charge in [0.1, 0.15) is 0 Å². The summed E-state index contributed by atoms with van der Waals surface area (Å²) in [5.74, 6) is 0.914. The number of anilines is 1. The Kier molecular flexibility index (Phi) is 2.80. The minimum Gasteiger partial charge on any atom is -0.348 e. The molecule has 0 aliphatic heterocycles. The summed E-state index contributed by atoms with van der Waals surface area (Å²) in [5, 5.41) is 5.56. The first-order valence-electron chi connectivity index (χ1n) is 5.97. The molecule has 0 amide bonds. The fraction of sp³-hybridized carbons (Fsp3) is 0.214. The van der Waals surface area contributed by atoms with Crippen molar-refractivity contribution in [2.75, 3.05) is 5.32 Å². The molecule has 92 valence electrons. The molecular formula is C14H15N3S. The quantitative estimate of drug-likeness (QED) is 0.773. The van der Waals surface area contributed by atoms with Crippen molar-refractivity contribution in [2.45, 2.75) is 13.0 Å². The number of para-hydroxylation sites is 2. The summed E-state index contributed by atoms with van der Waals surface area (Å²) < 4.78 is 2.10. The van der Waals surface area contributed by atoms with Gasteiger partial charge in [0.05, 0.1) is 17.1 Å². The summed E-state index contributed by atoms with van der Waals surface area (Å²) >= 11 is 1.76. The van der Waals surface area contributed by atoms with Gasteiger partial charge < -0.3 is 9.88 Å². The molecule has 1 unspecified atom stereocenters. The smallest absolute Gasteiger partial charge is 0.204 e. The Balaban J connectivity index is 1.93. The topological polar surface area (TPSA) is 29.9 Å². The van der Waals surface area contributed by atoms with Crippen LogP contribution in [0.4, 0.5) is 5.95 Å². The monoisotopic (exact) mass is 257 g/mol. The molecule has 2 heterocycles. The van der Waals surface area contributed by atoms with E-state index in [1.165, 1.54) is 4.88 Å². The summed E-state index contributed by atoms with van der Waals surface area (Å²) in [6.45, 7) is 2.16. The highest BCUT2D eigenvalue weighted by Crippen LogP contribution is 2.24. The average molecular weight is 257 g/mol. The van der Waals surface area contributed by atoms with Crippen molar-refractivity contribution in [3.63, 3.8) is 0 Å². The van der Waals surface area contributed by atoms with Crippen molar-refractivity contribution < 1.29 is 0 Å². The van der Waals surface area contributed by atoms with Crippen LogP contribution in [0.1, 0.15) is 17.8 Å². The van der Waals surface area contributed by atoms with E-state index in [4.69, 9.17) is 0 Å². The Morgan fingerprint density at radius 2 is 2.06 bits per heavy atom. The fourth-order valence-electron chi connectivity index (χ4n) is 2.08. The van der Waals surface area contributed by atoms with E-state index in [9.17, 15) is 0 Å². The molecule has 1 atom stereocenters. The normalized spacial score (nSPS) is 12.8. The lowest BCUT2D eigenvalue weighted by Gasteiger charge is -2.12. The number of hydrogen-bond donors (Lipinski definition) is 1. The minimum absolute atomic E-state index is 0.278. The third-order valence-electron chi connectivity index (χ3n) is 3.10. The van der Waals surface area contributed by atoms with Crippen LogP contribution >= 0.6 is 11.3 Å². The molecule has 3 aromatic rings. The van der Waals surface area contributed by atoms with E-state index in [2.05, 4.69) is 45.4 Å². The number of benzene rings is 1. The zero-order valence-electron chi connectivity index (χ0n) is 10.4. The van der Waals surface area contributed by atoms with Crippen LogP contribution in [0.2, 0.25) is 0 Å². The van der Waals surface area contributed by atoms with Crippen LogP contribution in [-0.4, -0.2) is 9.55 Å². The molecule has 1 aromatic carbocycles. The summed E-state index contributed by atoms with van der Waals surface area (Å²) in [6.07, 6.45) is 0. The molecule has 0 saturated heterocycles. The molecule has 0 aliphatic carbocycles. The largest absolute Gasteiger partial charge is 0.348 e. The summed E-state index contributed by atoms with van der Waals surface area (Å²) in [6, 6.07) is 12.7. The first-order chi connectivity index (χ1) is 8.75. The third-order valence-corrected chi connectivity index (χ3v) is 4.16. The highest BCUT2D eigenvalue weighted by atomic mass is 32.1. The standard InChI is InChI=1S/C14H15N3S/c1-10(13-8-5-9-18-13)15-14-16-11-6-3-4-7-12(11)17(14)2/h3-10H,1-2H3,(H,15,16). The molecular weight excluding hydrogens is 242 g/mol. The average Bonchev–Trinajstić information content (AvgIpc) is 3.00. The van der Waals surface area contributed by atoms with Crippen LogP contribution in [0.3, 0.4) is 0 Å². The van der Waals surface area contributed by atoms with Gasteiger partial charge in [0, 0.05) is 11.9 Å². The van der Waals surface area contributed by atoms with E-state index < -0.39 is 0 Å². The summed E-state index contributed by atoms with van der Waals surface area (Å²) in [7, 11) is 2.04. The van der Waals surface area contributed by atoms with Gasteiger partial charge in [-0.3, -0.25) is 0 Å². The van der Waals surface area contributed by atoms with Crippen molar-refractivity contribution >= 4 is 28.3 Å². The molecule has 0 spiro atoms. The number of rotatable bonds is 3. The number of aromatic nitrogens is 2. The lowest BCUT2D eigenvalue weighted by Crippen LogP contribution is -2.09. The zero-order valence-corrected chi connectivity index (χ0v) is 11.2. The van der Waals surface area contributed by atoms with Gasteiger partial charge in [-0.05, 0) is 30.5 Å². The van der Waals surface area contributed by atoms with Crippen LogP contribution in [0.15, 0.2) is 41.8 Å². The van der Waals surface area contributed by atoms with Crippen LogP contribution in [-0.2, 0) is 7.05 Å². The molecule has 0 radical (unpaired) electrons. The van der Waals surface area contributed by atoms with Crippen molar-refractivity contribution in [1.29, 1.82) is 0 Å². The van der Waals surface area contributed by atoms with Crippen LogP contribution in [0.5, 0.6) is 0 Å². The fourth-order valence-corrected chi connectivity index (χ4v) is 2.81. The predicted molar refractivity (Wildman–Crippen MR) is 77.1 cm³/mol. The Hall–Kier alpha value is -1.81. The van der Waals surface area contributed by atoms with Gasteiger partial charge in [-0.25, -0.2) is 4.98 Å². The van der Waals surface area contributed by atoms with Gasteiger partial charge in [0.15, 0.2) is 0 Å². The Bertz CT molecular complexity index is 655. The van der Waals surface area contributed by atoms with Gasteiger partial charge in [-0.1, -0.05) is 18.2 Å². The maximum Gasteiger partial charge on any atom is 0.204 e. The van der Waals surface area contributed by atoms with E-state index in [0.29, 0.717) is 0 Å². The van der Waals surface area contributed by atoms with E-state index in [0.717, 1.165) is 17.0 Å². The molecule has 18 heavy (non-hydrogen) atoms. The molecule has 2 aromatic heterocycles. The third kappa shape index (κ3) is 1.88. The van der Waals surface area contributed by atoms with Crippen molar-refractivity contribution in [1.82, 2.24) is 9.55 Å². The molecule has 0 aliphatic rings. The van der Waals surface area contributed by atoms with Gasteiger partial charge in [-0.2, -0.15) is 0 Å². The van der Waals surface area contributed by atoms with Crippen molar-refractivity contribution in [3.05, 3.63) is 46.7 Å². The van der Waals surface area contributed by atoms with E-state index in [1.807, 2.05) is 25.2 Å². The highest BCUT2D eigenvalue weighted by Gasteiger charge is 2.11. The molecule has 0 bridgehead atoms. The molecule has 0 saturated carbocycles. The van der Waals surface area contributed by atoms with Crippen molar-refractivity contribution in [3.8, 4) is 0 Å². The van der Waals surface area contributed by atoms with Gasteiger partial charge in [-0.15, -0.1) is 11.3 Å². The molecule has 3 rings (SSSR count). The number of nitrogens with one attached hydrogen (secondary N) is 1. The maximum atomic E-state index is 4.62. The number of imidazole rings is 1. The van der Waals surface area contributed by atoms with Crippen molar-refractivity contribution in [2.24, 2.45) is 7.05 Å². The highest BCUT2D eigenvalue weighted by molar-refractivity contribution is 7.10. The van der Waals surface area contributed by atoms with Gasteiger partial charge in [0.2, 0.25) is 5.95 Å². The SMILES string of the molecule is CC(Nc1nc2ccccc2n1C)c1cccs1. The lowest BCUT2D eigenvalue weighted by molar-refractivity contribution is 0.846. The maximum absolute atomic E-state index is 4.62. The molecule has 4 heteroatoms. The molecule has 3 nitrogen and oxygen atoms in total. The number of fused-ring (bicyclic) bond motifs is 1. The number of thiophene rings is 1. The Labute approximate surface area is 110 Å². The second kappa shape index (κ2) is 4.46. The van der Waals surface area contributed by atoms with E-state index in [1.54, 1.807) is 11.3 Å². The van der Waals surface area contributed by atoms with Gasteiger partial charge in [0.25, 0.3) is 0 Å².